The Morgan fingerprint density at radius 1 is 0.434 bits per heavy atom. The highest BCUT2D eigenvalue weighted by molar-refractivity contribution is 5.98. The molecule has 76 heavy (non-hydrogen) atoms. The van der Waals surface area contributed by atoms with Crippen LogP contribution in [0.5, 0.6) is 0 Å². The van der Waals surface area contributed by atoms with Gasteiger partial charge in [-0.2, -0.15) is 0 Å². The van der Waals surface area contributed by atoms with Gasteiger partial charge in [0.05, 0.1) is 19.1 Å². The van der Waals surface area contributed by atoms with Crippen LogP contribution in [0.1, 0.15) is 186 Å². The predicted molar refractivity (Wildman–Crippen MR) is 289 cm³/mol. The molecule has 0 heterocycles. The summed E-state index contributed by atoms with van der Waals surface area (Å²) in [5.74, 6) is -9.45. The molecule has 438 valence electrons. The second kappa shape index (κ2) is 37.4. The van der Waals surface area contributed by atoms with E-state index in [1.165, 1.54) is 0 Å². The lowest BCUT2D eigenvalue weighted by Crippen LogP contribution is -2.61. The van der Waals surface area contributed by atoms with Gasteiger partial charge in [-0.05, 0) is 80.5 Å². The van der Waals surface area contributed by atoms with Crippen molar-refractivity contribution >= 4 is 59.1 Å². The normalized spacial score (nSPS) is 15.5. The Kier molecular flexibility index (Phi) is 34.8. The molecule has 0 aliphatic heterocycles. The van der Waals surface area contributed by atoms with Crippen molar-refractivity contribution in [2.45, 2.75) is 241 Å². The lowest BCUT2D eigenvalue weighted by atomic mass is 9.96. The van der Waals surface area contributed by atoms with E-state index in [1.807, 2.05) is 41.5 Å². The van der Waals surface area contributed by atoms with E-state index in [-0.39, 0.29) is 81.0 Å². The highest BCUT2D eigenvalue weighted by Crippen LogP contribution is 2.16. The van der Waals surface area contributed by atoms with Crippen molar-refractivity contribution in [2.75, 3.05) is 6.61 Å². The molecule has 0 fully saturated rings. The molecule has 22 nitrogen and oxygen atoms in total. The van der Waals surface area contributed by atoms with E-state index in [4.69, 9.17) is 5.73 Å². The van der Waals surface area contributed by atoms with Crippen LogP contribution in [-0.4, -0.2) is 135 Å². The lowest BCUT2D eigenvalue weighted by molar-refractivity contribution is -0.143. The quantitative estimate of drug-likeness (QED) is 0.0393. The van der Waals surface area contributed by atoms with Gasteiger partial charge in [-0.3, -0.25) is 43.2 Å². The Morgan fingerprint density at radius 2 is 0.789 bits per heavy atom. The van der Waals surface area contributed by atoms with Gasteiger partial charge < -0.3 is 63.6 Å². The first-order valence-electron chi connectivity index (χ1n) is 27.7. The van der Waals surface area contributed by atoms with Crippen LogP contribution in [-0.2, 0) is 47.9 Å². The standard InChI is InChI=1S/C54H99N9O13/c1-14-16-17-18-19-20-36(65)28-45(67)56-38(23-30(3)4)48(69)59-39(24-31(5)6)49(70)57-37(21-22-44(55)66)47(68)58-40(25-32(7)8)51(72)62-43(29-64)52(73)63-46(35(13)15-2)53(74)60-41(26-33(9)10)50(71)61-42(54(75)76)27-34(11)12/h30-43,46,64-65H,14-29H2,1-13H3,(H2,55,66)(H,56,67)(H,57,70)(H,58,68)(H,59,69)(H,60,74)(H,61,71)(H,62,72)(H,63,73)(H,75,76)/t35-,36+,37+,38-,39-,40-,41+,42-,43+,46-/m0/s1. The van der Waals surface area contributed by atoms with Gasteiger partial charge in [-0.15, -0.1) is 0 Å². The summed E-state index contributed by atoms with van der Waals surface area (Å²) in [5.41, 5.74) is 5.46. The van der Waals surface area contributed by atoms with Crippen LogP contribution in [0.2, 0.25) is 0 Å². The molecule has 0 aliphatic rings. The van der Waals surface area contributed by atoms with Crippen molar-refractivity contribution in [1.82, 2.24) is 42.5 Å². The maximum Gasteiger partial charge on any atom is 0.326 e. The van der Waals surface area contributed by atoms with Gasteiger partial charge in [0.25, 0.3) is 0 Å². The third kappa shape index (κ3) is 29.8. The summed E-state index contributed by atoms with van der Waals surface area (Å²) in [6.45, 7) is 22.7. The molecule has 0 aromatic carbocycles. The molecule has 9 amide bonds. The van der Waals surface area contributed by atoms with Crippen molar-refractivity contribution in [2.24, 2.45) is 41.2 Å². The molecule has 0 saturated heterocycles. The van der Waals surface area contributed by atoms with E-state index < -0.39 is 126 Å². The van der Waals surface area contributed by atoms with E-state index in [2.05, 4.69) is 49.5 Å². The first kappa shape index (κ1) is 70.6. The Bertz CT molecular complexity index is 1850. The second-order valence-electron chi connectivity index (χ2n) is 22.6. The number of aliphatic hydroxyl groups excluding tert-OH is 2. The number of carboxylic acid groups (broad SMARTS) is 1. The zero-order valence-electron chi connectivity index (χ0n) is 48.0. The molecule has 0 aromatic heterocycles. The molecule has 22 heteroatoms. The van der Waals surface area contributed by atoms with Crippen molar-refractivity contribution in [3.63, 3.8) is 0 Å². The Balaban J connectivity index is 6.50. The smallest absolute Gasteiger partial charge is 0.326 e. The average Bonchev–Trinajstić information content (AvgIpc) is 3.30. The van der Waals surface area contributed by atoms with Crippen LogP contribution in [0, 0.1) is 35.5 Å². The molecule has 0 radical (unpaired) electrons. The number of carbonyl (C=O) groups excluding carboxylic acids is 9. The zero-order chi connectivity index (χ0) is 58.4. The largest absolute Gasteiger partial charge is 0.480 e. The summed E-state index contributed by atoms with van der Waals surface area (Å²) in [5, 5.41) is 51.6. The highest BCUT2D eigenvalue weighted by atomic mass is 16.4. The van der Waals surface area contributed by atoms with Gasteiger partial charge in [-0.1, -0.05) is 129 Å². The highest BCUT2D eigenvalue weighted by Gasteiger charge is 2.37. The molecule has 0 aliphatic carbocycles. The van der Waals surface area contributed by atoms with Crippen LogP contribution in [0.15, 0.2) is 0 Å². The van der Waals surface area contributed by atoms with E-state index in [9.17, 15) is 63.3 Å². The van der Waals surface area contributed by atoms with Crippen molar-refractivity contribution in [3.8, 4) is 0 Å². The van der Waals surface area contributed by atoms with Crippen molar-refractivity contribution < 1.29 is 63.3 Å². The molecule has 0 spiro atoms. The van der Waals surface area contributed by atoms with Crippen LogP contribution in [0.4, 0.5) is 0 Å². The molecule has 0 bridgehead atoms. The summed E-state index contributed by atoms with van der Waals surface area (Å²) in [6, 6.07) is -10.4. The van der Waals surface area contributed by atoms with Gasteiger partial charge in [0.1, 0.15) is 48.3 Å². The number of nitrogens with two attached hydrogens (primary N) is 1. The number of nitrogens with one attached hydrogen (secondary N) is 8. The number of hydrogen-bond acceptors (Lipinski definition) is 12. The molecule has 0 rings (SSSR count). The third-order valence-corrected chi connectivity index (χ3v) is 12.7. The van der Waals surface area contributed by atoms with Gasteiger partial charge in [0, 0.05) is 6.42 Å². The van der Waals surface area contributed by atoms with Crippen molar-refractivity contribution in [1.29, 1.82) is 0 Å². The minimum absolute atomic E-state index is 0.00406. The maximum absolute atomic E-state index is 14.1. The van der Waals surface area contributed by atoms with Crippen LogP contribution >= 0.6 is 0 Å². The molecule has 0 unspecified atom stereocenters. The summed E-state index contributed by atoms with van der Waals surface area (Å²) >= 11 is 0. The van der Waals surface area contributed by atoms with Gasteiger partial charge in [-0.25, -0.2) is 4.79 Å². The van der Waals surface area contributed by atoms with Gasteiger partial charge in [0.15, 0.2) is 0 Å². The number of rotatable bonds is 40. The number of carboxylic acids is 1. The molecule has 0 saturated carbocycles. The molecular formula is C54H99N9O13. The number of hydrogen-bond donors (Lipinski definition) is 12. The number of aliphatic hydroxyl groups is 2. The summed E-state index contributed by atoms with van der Waals surface area (Å²) in [7, 11) is 0. The SMILES string of the molecule is CCCCCCC[C@@H](O)CC(=O)N[C@@H](CC(C)C)C(=O)N[C@@H](CC(C)C)C(=O)N[C@H](CCC(N)=O)C(=O)N[C@@H](CC(C)C)C(=O)N[C@H](CO)C(=O)N[C@H](C(=O)N[C@H](CC(C)C)C(=O)N[C@@H](CC(C)C)C(=O)O)[C@@H](C)CC. The lowest BCUT2D eigenvalue weighted by Gasteiger charge is -2.30. The zero-order valence-corrected chi connectivity index (χ0v) is 48.0. The van der Waals surface area contributed by atoms with Crippen LogP contribution < -0.4 is 48.3 Å². The first-order valence-corrected chi connectivity index (χ1v) is 27.7. The predicted octanol–water partition coefficient (Wildman–Crippen LogP) is 2.60. The summed E-state index contributed by atoms with van der Waals surface area (Å²) < 4.78 is 0. The van der Waals surface area contributed by atoms with Gasteiger partial charge >= 0.3 is 5.97 Å². The minimum atomic E-state index is -1.65. The number of aliphatic carboxylic acids is 1. The van der Waals surface area contributed by atoms with Crippen LogP contribution in [0.3, 0.4) is 0 Å². The fraction of sp³-hybridized carbons (Fsp3) is 0.815. The first-order chi connectivity index (χ1) is 35.4. The molecule has 0 aromatic rings. The van der Waals surface area contributed by atoms with E-state index in [0.29, 0.717) is 12.8 Å². The Hall–Kier alpha value is -5.38. The van der Waals surface area contributed by atoms with Crippen LogP contribution in [0.25, 0.3) is 0 Å². The van der Waals surface area contributed by atoms with Crippen molar-refractivity contribution in [3.05, 3.63) is 0 Å². The average molecular weight is 1080 g/mol. The molecule has 10 atom stereocenters. The number of unbranched alkanes of at least 4 members (excludes halogenated alkanes) is 4. The fourth-order valence-corrected chi connectivity index (χ4v) is 8.39. The van der Waals surface area contributed by atoms with E-state index in [1.54, 1.807) is 41.5 Å². The molecule has 13 N–H and O–H groups in total. The van der Waals surface area contributed by atoms with E-state index >= 15 is 0 Å². The third-order valence-electron chi connectivity index (χ3n) is 12.7. The molecular weight excluding hydrogens is 983 g/mol. The summed E-state index contributed by atoms with van der Waals surface area (Å²) in [4.78, 5) is 134. The number of primary amides is 1. The Morgan fingerprint density at radius 3 is 1.18 bits per heavy atom. The number of amides is 9. The van der Waals surface area contributed by atoms with E-state index in [0.717, 1.165) is 32.1 Å². The fourth-order valence-electron chi connectivity index (χ4n) is 8.39. The summed E-state index contributed by atoms with van der Waals surface area (Å²) in [6.07, 6.45) is 4.53. The van der Waals surface area contributed by atoms with Gasteiger partial charge in [0.2, 0.25) is 53.2 Å². The number of carbonyl (C=O) groups is 10. The topological polar surface area (TPSA) is 354 Å². The Labute approximate surface area is 452 Å². The minimum Gasteiger partial charge on any atom is -0.480 e. The maximum atomic E-state index is 14.1. The monoisotopic (exact) mass is 1080 g/mol. The second-order valence-corrected chi connectivity index (χ2v) is 22.6.